The van der Waals surface area contributed by atoms with Crippen LogP contribution in [0.4, 0.5) is 0 Å². The Morgan fingerprint density at radius 3 is 2.84 bits per heavy atom. The molecule has 2 aromatic carbocycles. The molecule has 162 valence electrons. The number of ether oxygens (including phenoxy) is 3. The quantitative estimate of drug-likeness (QED) is 0.443. The van der Waals surface area contributed by atoms with Gasteiger partial charge in [-0.2, -0.15) is 0 Å². The Labute approximate surface area is 187 Å². The number of benzene rings is 2. The van der Waals surface area contributed by atoms with Gasteiger partial charge in [0.05, 0.1) is 31.1 Å². The van der Waals surface area contributed by atoms with Gasteiger partial charge in [-0.1, -0.05) is 17.7 Å². The Bertz CT molecular complexity index is 1070. The molecule has 1 unspecified atom stereocenters. The van der Waals surface area contributed by atoms with Gasteiger partial charge in [-0.3, -0.25) is 0 Å². The van der Waals surface area contributed by atoms with Crippen LogP contribution in [0.15, 0.2) is 54.6 Å². The molecule has 0 amide bonds. The van der Waals surface area contributed by atoms with Gasteiger partial charge in [0, 0.05) is 34.5 Å². The molecule has 1 saturated heterocycles. The molecule has 0 saturated carbocycles. The highest BCUT2D eigenvalue weighted by atomic mass is 35.5. The maximum atomic E-state index is 12.2. The second-order valence-electron chi connectivity index (χ2n) is 7.65. The van der Waals surface area contributed by atoms with Crippen molar-refractivity contribution in [2.75, 3.05) is 26.4 Å². The molecule has 1 aromatic heterocycles. The summed E-state index contributed by atoms with van der Waals surface area (Å²) in [6.45, 7) is 6.30. The predicted molar refractivity (Wildman–Crippen MR) is 121 cm³/mol. The van der Waals surface area contributed by atoms with Crippen LogP contribution < -0.4 is 4.74 Å². The highest BCUT2D eigenvalue weighted by Crippen LogP contribution is 2.36. The number of nitrogens with zero attached hydrogens (tertiary/aromatic N) is 1. The minimum Gasteiger partial charge on any atom is -0.493 e. The molecule has 0 spiro atoms. The average Bonchev–Trinajstić information content (AvgIpc) is 3.42. The summed E-state index contributed by atoms with van der Waals surface area (Å²) in [6, 6.07) is 17.2. The number of halogens is 1. The molecule has 2 heterocycles. The lowest BCUT2D eigenvalue weighted by Gasteiger charge is -2.17. The highest BCUT2D eigenvalue weighted by molar-refractivity contribution is 6.31. The first kappa shape index (κ1) is 21.5. The molecule has 0 bridgehead atoms. The van der Waals surface area contributed by atoms with Crippen molar-refractivity contribution in [3.8, 4) is 22.7 Å². The van der Waals surface area contributed by atoms with E-state index >= 15 is 0 Å². The number of rotatable bonds is 7. The van der Waals surface area contributed by atoms with Crippen molar-refractivity contribution in [1.82, 2.24) is 4.57 Å². The molecule has 1 aliphatic heterocycles. The maximum absolute atomic E-state index is 12.2. The average molecular weight is 440 g/mol. The van der Waals surface area contributed by atoms with Gasteiger partial charge >= 0.3 is 5.97 Å². The van der Waals surface area contributed by atoms with Crippen molar-refractivity contribution < 1.29 is 19.0 Å². The lowest BCUT2D eigenvalue weighted by atomic mass is 10.1. The topological polar surface area (TPSA) is 49.7 Å². The predicted octanol–water partition coefficient (Wildman–Crippen LogP) is 5.70. The summed E-state index contributed by atoms with van der Waals surface area (Å²) in [5.74, 6) is 0.844. The van der Waals surface area contributed by atoms with Gasteiger partial charge in [0.2, 0.25) is 0 Å². The van der Waals surface area contributed by atoms with E-state index in [1.807, 2.05) is 55.5 Å². The first-order chi connectivity index (χ1) is 15.1. The molecule has 0 radical (unpaired) electrons. The van der Waals surface area contributed by atoms with Gasteiger partial charge < -0.3 is 18.8 Å². The number of carbonyl (C=O) groups is 1. The number of hydrogen-bond acceptors (Lipinski definition) is 4. The van der Waals surface area contributed by atoms with E-state index in [0.29, 0.717) is 29.7 Å². The maximum Gasteiger partial charge on any atom is 0.338 e. The lowest BCUT2D eigenvalue weighted by molar-refractivity contribution is 0.0526. The van der Waals surface area contributed by atoms with Crippen LogP contribution >= 0.6 is 11.6 Å². The summed E-state index contributed by atoms with van der Waals surface area (Å²) < 4.78 is 18.9. The number of aromatic nitrogens is 1. The fourth-order valence-corrected chi connectivity index (χ4v) is 4.00. The number of carbonyl (C=O) groups excluding carboxylic acids is 1. The van der Waals surface area contributed by atoms with Crippen molar-refractivity contribution in [1.29, 1.82) is 0 Å². The molecule has 0 N–H and O–H groups in total. The van der Waals surface area contributed by atoms with Crippen molar-refractivity contribution in [3.05, 3.63) is 70.9 Å². The Hall–Kier alpha value is -2.76. The van der Waals surface area contributed by atoms with Crippen LogP contribution in [-0.2, 0) is 9.47 Å². The lowest BCUT2D eigenvalue weighted by Crippen LogP contribution is -2.12. The van der Waals surface area contributed by atoms with Crippen LogP contribution in [-0.4, -0.2) is 37.0 Å². The van der Waals surface area contributed by atoms with Crippen molar-refractivity contribution in [2.24, 2.45) is 5.92 Å². The van der Waals surface area contributed by atoms with Gasteiger partial charge in [0.15, 0.2) is 0 Å². The molecule has 31 heavy (non-hydrogen) atoms. The molecule has 3 aromatic rings. The molecule has 6 heteroatoms. The van der Waals surface area contributed by atoms with Crippen LogP contribution in [0.5, 0.6) is 5.75 Å². The van der Waals surface area contributed by atoms with Crippen LogP contribution in [0.3, 0.4) is 0 Å². The summed E-state index contributed by atoms with van der Waals surface area (Å²) in [7, 11) is 0. The molecular formula is C25H26ClNO4. The fraction of sp³-hybridized carbons (Fsp3) is 0.320. The number of aryl methyl sites for hydroxylation is 1. The SMILES string of the molecule is CCOC(=O)c1cccc(-n2c(C)ccc2-c2cc(Cl)ccc2OCC2CCOC2)c1. The largest absolute Gasteiger partial charge is 0.493 e. The molecular weight excluding hydrogens is 414 g/mol. The van der Waals surface area contributed by atoms with Gasteiger partial charge in [-0.15, -0.1) is 0 Å². The second kappa shape index (κ2) is 9.58. The van der Waals surface area contributed by atoms with E-state index in [4.69, 9.17) is 25.8 Å². The Morgan fingerprint density at radius 1 is 1.19 bits per heavy atom. The van der Waals surface area contributed by atoms with Gasteiger partial charge in [0.25, 0.3) is 0 Å². The van der Waals surface area contributed by atoms with Gasteiger partial charge in [-0.25, -0.2) is 4.79 Å². The van der Waals surface area contributed by atoms with Crippen LogP contribution in [0, 0.1) is 12.8 Å². The standard InChI is InChI=1S/C25H26ClNO4/c1-3-30-25(28)19-5-4-6-21(13-19)27-17(2)7-9-23(27)22-14-20(26)8-10-24(22)31-16-18-11-12-29-15-18/h4-10,13-14,18H,3,11-12,15-16H2,1-2H3. The molecule has 0 aliphatic carbocycles. The molecule has 5 nitrogen and oxygen atoms in total. The zero-order chi connectivity index (χ0) is 21.8. The van der Waals surface area contributed by atoms with E-state index in [-0.39, 0.29) is 5.97 Å². The van der Waals surface area contributed by atoms with Crippen LogP contribution in [0.25, 0.3) is 16.9 Å². The summed E-state index contributed by atoms with van der Waals surface area (Å²) in [4.78, 5) is 12.2. The Morgan fingerprint density at radius 2 is 2.06 bits per heavy atom. The molecule has 4 rings (SSSR count). The summed E-state index contributed by atoms with van der Waals surface area (Å²) in [6.07, 6.45) is 1.01. The highest BCUT2D eigenvalue weighted by Gasteiger charge is 2.19. The Kier molecular flexibility index (Phi) is 6.64. The summed E-state index contributed by atoms with van der Waals surface area (Å²) >= 11 is 6.35. The summed E-state index contributed by atoms with van der Waals surface area (Å²) in [5, 5.41) is 0.636. The second-order valence-corrected chi connectivity index (χ2v) is 8.08. The third-order valence-electron chi connectivity index (χ3n) is 5.41. The first-order valence-electron chi connectivity index (χ1n) is 10.5. The first-order valence-corrected chi connectivity index (χ1v) is 10.9. The van der Waals surface area contributed by atoms with Gasteiger partial charge in [-0.05, 0) is 68.8 Å². The van der Waals surface area contributed by atoms with E-state index in [0.717, 1.165) is 48.0 Å². The zero-order valence-corrected chi connectivity index (χ0v) is 18.5. The smallest absolute Gasteiger partial charge is 0.338 e. The Balaban J connectivity index is 1.72. The van der Waals surface area contributed by atoms with Crippen molar-refractivity contribution in [3.63, 3.8) is 0 Å². The van der Waals surface area contributed by atoms with Gasteiger partial charge in [0.1, 0.15) is 5.75 Å². The van der Waals surface area contributed by atoms with Crippen LogP contribution in [0.1, 0.15) is 29.4 Å². The van der Waals surface area contributed by atoms with E-state index in [9.17, 15) is 4.79 Å². The van der Waals surface area contributed by atoms with E-state index < -0.39 is 0 Å². The molecule has 1 atom stereocenters. The van der Waals surface area contributed by atoms with Crippen molar-refractivity contribution >= 4 is 17.6 Å². The van der Waals surface area contributed by atoms with E-state index in [2.05, 4.69) is 4.57 Å². The zero-order valence-electron chi connectivity index (χ0n) is 17.8. The normalized spacial score (nSPS) is 15.8. The third-order valence-corrected chi connectivity index (χ3v) is 5.64. The number of hydrogen-bond donors (Lipinski definition) is 0. The summed E-state index contributed by atoms with van der Waals surface area (Å²) in [5.41, 5.74) is 4.27. The van der Waals surface area contributed by atoms with Crippen LogP contribution in [0.2, 0.25) is 5.02 Å². The number of esters is 1. The molecule has 1 aliphatic rings. The van der Waals surface area contributed by atoms with E-state index in [1.165, 1.54) is 0 Å². The minimum atomic E-state index is -0.332. The monoisotopic (exact) mass is 439 g/mol. The minimum absolute atomic E-state index is 0.332. The van der Waals surface area contributed by atoms with Crippen molar-refractivity contribution in [2.45, 2.75) is 20.3 Å². The van der Waals surface area contributed by atoms with E-state index in [1.54, 1.807) is 13.0 Å². The third kappa shape index (κ3) is 4.78. The molecule has 1 fully saturated rings. The fourth-order valence-electron chi connectivity index (χ4n) is 3.83.